The molecule has 2 aliphatic rings. The van der Waals surface area contributed by atoms with Gasteiger partial charge in [-0.3, -0.25) is 20.2 Å². The van der Waals surface area contributed by atoms with Crippen molar-refractivity contribution >= 4 is 11.6 Å². The molecule has 0 bridgehead atoms. The van der Waals surface area contributed by atoms with Gasteiger partial charge in [0.1, 0.15) is 6.17 Å². The number of benzene rings is 1. The molecule has 1 saturated carbocycles. The number of amides is 1. The van der Waals surface area contributed by atoms with Gasteiger partial charge in [0.15, 0.2) is 0 Å². The first kappa shape index (κ1) is 14.0. The minimum atomic E-state index is -0.372. The second-order valence-corrected chi connectivity index (χ2v) is 6.12. The van der Waals surface area contributed by atoms with E-state index in [4.69, 9.17) is 0 Å². The van der Waals surface area contributed by atoms with Crippen LogP contribution in [0.5, 0.6) is 0 Å². The van der Waals surface area contributed by atoms with Crippen molar-refractivity contribution in [3.05, 3.63) is 39.4 Å². The van der Waals surface area contributed by atoms with E-state index in [1.807, 2.05) is 17.9 Å². The topological polar surface area (TPSA) is 75.5 Å². The van der Waals surface area contributed by atoms with Gasteiger partial charge in [0, 0.05) is 17.7 Å². The molecule has 0 aromatic heterocycles. The van der Waals surface area contributed by atoms with Crippen LogP contribution in [-0.4, -0.2) is 27.8 Å². The predicted molar refractivity (Wildman–Crippen MR) is 77.6 cm³/mol. The van der Waals surface area contributed by atoms with Crippen LogP contribution in [0.25, 0.3) is 0 Å². The normalized spacial score (nSPS) is 31.6. The Morgan fingerprint density at radius 1 is 1.38 bits per heavy atom. The maximum absolute atomic E-state index is 12.3. The third kappa shape index (κ3) is 2.29. The quantitative estimate of drug-likeness (QED) is 0.683. The maximum Gasteiger partial charge on any atom is 0.272 e. The van der Waals surface area contributed by atoms with Gasteiger partial charge in [0.25, 0.3) is 5.69 Å². The Kier molecular flexibility index (Phi) is 3.20. The number of carbonyl (C=O) groups excluding carboxylic acids is 1. The predicted octanol–water partition coefficient (Wildman–Crippen LogP) is 2.13. The molecule has 4 unspecified atom stereocenters. The van der Waals surface area contributed by atoms with Crippen molar-refractivity contribution in [1.82, 2.24) is 10.2 Å². The van der Waals surface area contributed by atoms with E-state index in [1.165, 1.54) is 0 Å². The lowest BCUT2D eigenvalue weighted by Crippen LogP contribution is -2.33. The number of rotatable bonds is 3. The zero-order chi connectivity index (χ0) is 15.3. The molecule has 0 radical (unpaired) electrons. The molecule has 6 heteroatoms. The van der Waals surface area contributed by atoms with Crippen molar-refractivity contribution in [2.24, 2.45) is 5.92 Å². The van der Waals surface area contributed by atoms with E-state index in [0.717, 1.165) is 12.0 Å². The van der Waals surface area contributed by atoms with Crippen molar-refractivity contribution in [1.29, 1.82) is 0 Å². The first-order valence-electron chi connectivity index (χ1n) is 7.23. The average molecular weight is 289 g/mol. The second-order valence-electron chi connectivity index (χ2n) is 6.12. The molecule has 1 saturated heterocycles. The SMILES string of the molecule is Cc1ccc(C2NC(C)C(=O)N2C2CC2C)cc1[N+](=O)[O-]. The largest absolute Gasteiger partial charge is 0.318 e. The molecule has 1 heterocycles. The lowest BCUT2D eigenvalue weighted by molar-refractivity contribution is -0.385. The van der Waals surface area contributed by atoms with Gasteiger partial charge in [-0.25, -0.2) is 0 Å². The summed E-state index contributed by atoms with van der Waals surface area (Å²) >= 11 is 0. The molecule has 1 aromatic carbocycles. The summed E-state index contributed by atoms with van der Waals surface area (Å²) in [6, 6.07) is 5.20. The Morgan fingerprint density at radius 2 is 2.05 bits per heavy atom. The van der Waals surface area contributed by atoms with Crippen LogP contribution in [0.15, 0.2) is 18.2 Å². The Morgan fingerprint density at radius 3 is 2.62 bits per heavy atom. The van der Waals surface area contributed by atoms with E-state index in [9.17, 15) is 14.9 Å². The molecule has 1 aromatic rings. The number of hydrogen-bond donors (Lipinski definition) is 1. The highest BCUT2D eigenvalue weighted by Gasteiger charge is 2.49. The summed E-state index contributed by atoms with van der Waals surface area (Å²) in [5.74, 6) is 0.585. The summed E-state index contributed by atoms with van der Waals surface area (Å²) in [6.45, 7) is 5.68. The van der Waals surface area contributed by atoms with Crippen LogP contribution in [0, 0.1) is 23.0 Å². The van der Waals surface area contributed by atoms with Crippen LogP contribution in [0.4, 0.5) is 5.69 Å². The zero-order valence-corrected chi connectivity index (χ0v) is 12.4. The molecule has 21 heavy (non-hydrogen) atoms. The summed E-state index contributed by atoms with van der Waals surface area (Å²) in [6.07, 6.45) is 0.742. The third-order valence-electron chi connectivity index (χ3n) is 4.48. The molecule has 4 atom stereocenters. The van der Waals surface area contributed by atoms with Crippen molar-refractivity contribution in [2.75, 3.05) is 0 Å². The number of aryl methyl sites for hydroxylation is 1. The van der Waals surface area contributed by atoms with Crippen LogP contribution >= 0.6 is 0 Å². The van der Waals surface area contributed by atoms with Gasteiger partial charge >= 0.3 is 0 Å². The van der Waals surface area contributed by atoms with E-state index in [-0.39, 0.29) is 34.8 Å². The standard InChI is InChI=1S/C15H19N3O3/c1-8-4-5-11(7-13(8)18(20)21)14-16-10(3)15(19)17(14)12-6-9(12)2/h4-5,7,9-10,12,14,16H,6H2,1-3H3. The van der Waals surface area contributed by atoms with Crippen molar-refractivity contribution in [3.63, 3.8) is 0 Å². The Balaban J connectivity index is 1.97. The number of nitrogens with zero attached hydrogens (tertiary/aromatic N) is 2. The lowest BCUT2D eigenvalue weighted by atomic mass is 10.1. The summed E-state index contributed by atoms with van der Waals surface area (Å²) in [5.41, 5.74) is 1.52. The lowest BCUT2D eigenvalue weighted by Gasteiger charge is -2.25. The van der Waals surface area contributed by atoms with Crippen LogP contribution < -0.4 is 5.32 Å². The Hall–Kier alpha value is -1.95. The zero-order valence-electron chi connectivity index (χ0n) is 12.4. The van der Waals surface area contributed by atoms with Crippen LogP contribution in [0.2, 0.25) is 0 Å². The van der Waals surface area contributed by atoms with Gasteiger partial charge in [0.2, 0.25) is 5.91 Å². The number of nitrogens with one attached hydrogen (secondary N) is 1. The molecular weight excluding hydrogens is 270 g/mol. The minimum absolute atomic E-state index is 0.0811. The molecule has 0 spiro atoms. The van der Waals surface area contributed by atoms with Crippen LogP contribution in [0.1, 0.15) is 37.6 Å². The molecule has 1 aliphatic heterocycles. The van der Waals surface area contributed by atoms with Gasteiger partial charge in [-0.2, -0.15) is 0 Å². The van der Waals surface area contributed by atoms with E-state index >= 15 is 0 Å². The van der Waals surface area contributed by atoms with Crippen molar-refractivity contribution < 1.29 is 9.72 Å². The number of carbonyl (C=O) groups is 1. The van der Waals surface area contributed by atoms with Gasteiger partial charge in [-0.15, -0.1) is 0 Å². The fraction of sp³-hybridized carbons (Fsp3) is 0.533. The van der Waals surface area contributed by atoms with E-state index in [1.54, 1.807) is 19.1 Å². The highest BCUT2D eigenvalue weighted by Crippen LogP contribution is 2.42. The molecule has 112 valence electrons. The number of hydrogen-bond acceptors (Lipinski definition) is 4. The molecule has 2 fully saturated rings. The van der Waals surface area contributed by atoms with Gasteiger partial charge < -0.3 is 4.90 Å². The summed E-state index contributed by atoms with van der Waals surface area (Å²) in [7, 11) is 0. The van der Waals surface area contributed by atoms with Gasteiger partial charge in [-0.05, 0) is 31.7 Å². The Labute approximate surface area is 123 Å². The summed E-state index contributed by atoms with van der Waals surface area (Å²) in [4.78, 5) is 24.9. The monoisotopic (exact) mass is 289 g/mol. The van der Waals surface area contributed by atoms with Crippen LogP contribution in [-0.2, 0) is 4.79 Å². The second kappa shape index (κ2) is 4.80. The molecule has 6 nitrogen and oxygen atoms in total. The van der Waals surface area contributed by atoms with E-state index in [0.29, 0.717) is 11.5 Å². The summed E-state index contributed by atoms with van der Waals surface area (Å²) in [5, 5.41) is 14.4. The van der Waals surface area contributed by atoms with Crippen molar-refractivity contribution in [2.45, 2.75) is 45.4 Å². The summed E-state index contributed by atoms with van der Waals surface area (Å²) < 4.78 is 0. The highest BCUT2D eigenvalue weighted by atomic mass is 16.6. The third-order valence-corrected chi connectivity index (χ3v) is 4.48. The first-order chi connectivity index (χ1) is 9.90. The maximum atomic E-state index is 12.3. The fourth-order valence-electron chi connectivity index (χ4n) is 3.03. The minimum Gasteiger partial charge on any atom is -0.318 e. The van der Waals surface area contributed by atoms with Gasteiger partial charge in [0.05, 0.1) is 11.0 Å². The molecule has 1 amide bonds. The average Bonchev–Trinajstić information content (AvgIpc) is 3.06. The van der Waals surface area contributed by atoms with Crippen molar-refractivity contribution in [3.8, 4) is 0 Å². The fourth-order valence-corrected chi connectivity index (χ4v) is 3.03. The van der Waals surface area contributed by atoms with E-state index in [2.05, 4.69) is 12.2 Å². The van der Waals surface area contributed by atoms with E-state index < -0.39 is 0 Å². The number of nitro benzene ring substituents is 1. The first-order valence-corrected chi connectivity index (χ1v) is 7.23. The van der Waals surface area contributed by atoms with Crippen LogP contribution in [0.3, 0.4) is 0 Å². The van der Waals surface area contributed by atoms with Gasteiger partial charge in [-0.1, -0.05) is 19.1 Å². The highest BCUT2D eigenvalue weighted by molar-refractivity contribution is 5.85. The smallest absolute Gasteiger partial charge is 0.272 e. The molecular formula is C15H19N3O3. The molecule has 1 N–H and O–H groups in total. The molecule has 3 rings (SSSR count). The Bertz CT molecular complexity index is 616. The molecule has 1 aliphatic carbocycles. The number of nitro groups is 1.